The van der Waals surface area contributed by atoms with E-state index in [9.17, 15) is 9.90 Å². The van der Waals surface area contributed by atoms with Crippen LogP contribution in [-0.2, 0) is 19.6 Å². The van der Waals surface area contributed by atoms with Gasteiger partial charge in [-0.15, -0.1) is 0 Å². The highest BCUT2D eigenvalue weighted by Gasteiger charge is 2.27. The predicted octanol–water partition coefficient (Wildman–Crippen LogP) is 3.88. The summed E-state index contributed by atoms with van der Waals surface area (Å²) >= 11 is 6.04. The van der Waals surface area contributed by atoms with Crippen molar-refractivity contribution in [3.63, 3.8) is 0 Å². The van der Waals surface area contributed by atoms with Gasteiger partial charge in [-0.2, -0.15) is 0 Å². The van der Waals surface area contributed by atoms with Gasteiger partial charge in [-0.3, -0.25) is 9.69 Å². The van der Waals surface area contributed by atoms with Crippen molar-refractivity contribution in [1.82, 2.24) is 14.8 Å². The summed E-state index contributed by atoms with van der Waals surface area (Å²) in [7, 11) is 0. The molecule has 0 spiro atoms. The van der Waals surface area contributed by atoms with Crippen LogP contribution in [0.5, 0.6) is 11.5 Å². The van der Waals surface area contributed by atoms with Gasteiger partial charge in [0.1, 0.15) is 29.9 Å². The summed E-state index contributed by atoms with van der Waals surface area (Å²) < 4.78 is 11.8. The highest BCUT2D eigenvalue weighted by Crippen LogP contribution is 2.29. The van der Waals surface area contributed by atoms with E-state index in [4.69, 9.17) is 21.1 Å². The van der Waals surface area contributed by atoms with Crippen LogP contribution in [-0.4, -0.2) is 64.7 Å². The molecule has 0 saturated carbocycles. The predicted molar refractivity (Wildman–Crippen MR) is 138 cm³/mol. The van der Waals surface area contributed by atoms with E-state index in [1.807, 2.05) is 13.0 Å². The van der Waals surface area contributed by atoms with Crippen molar-refractivity contribution in [2.45, 2.75) is 32.6 Å². The Kier molecular flexibility index (Phi) is 7.41. The fourth-order valence-electron chi connectivity index (χ4n) is 4.87. The molecule has 1 atom stereocenters. The minimum atomic E-state index is -0.640. The van der Waals surface area contributed by atoms with Gasteiger partial charge in [0.25, 0.3) is 5.91 Å². The Morgan fingerprint density at radius 2 is 1.94 bits per heavy atom. The summed E-state index contributed by atoms with van der Waals surface area (Å²) in [6.45, 7) is 5.49. The number of hydrogen-bond acceptors (Lipinski definition) is 6. The van der Waals surface area contributed by atoms with E-state index in [-0.39, 0.29) is 12.5 Å². The topological polar surface area (TPSA) is 75.1 Å². The number of halogens is 1. The van der Waals surface area contributed by atoms with Crippen LogP contribution < -0.4 is 9.47 Å². The molecule has 0 aliphatic carbocycles. The van der Waals surface area contributed by atoms with Crippen LogP contribution >= 0.6 is 11.6 Å². The Bertz CT molecular complexity index is 1230. The Morgan fingerprint density at radius 1 is 1.11 bits per heavy atom. The number of amides is 1. The number of fused-ring (bicyclic) bond motifs is 2. The summed E-state index contributed by atoms with van der Waals surface area (Å²) in [6.07, 6.45) is 0.337. The number of aliphatic hydroxyl groups excluding tert-OH is 1. The van der Waals surface area contributed by atoms with Gasteiger partial charge in [0.05, 0.1) is 18.2 Å². The fraction of sp³-hybridized carbons (Fsp3) is 0.357. The van der Waals surface area contributed by atoms with Gasteiger partial charge in [0, 0.05) is 37.9 Å². The normalized spacial score (nSPS) is 16.5. The maximum absolute atomic E-state index is 13.3. The number of aliphatic hydroxyl groups is 1. The summed E-state index contributed by atoms with van der Waals surface area (Å²) in [5, 5.41) is 11.2. The first-order chi connectivity index (χ1) is 17.4. The van der Waals surface area contributed by atoms with Crippen LogP contribution in [0.1, 0.15) is 32.7 Å². The summed E-state index contributed by atoms with van der Waals surface area (Å²) in [5.41, 5.74) is 4.90. The van der Waals surface area contributed by atoms with Crippen molar-refractivity contribution in [3.8, 4) is 11.5 Å². The minimum absolute atomic E-state index is 0.145. The molecule has 7 nitrogen and oxygen atoms in total. The number of aromatic nitrogens is 1. The van der Waals surface area contributed by atoms with Crippen LogP contribution in [0.25, 0.3) is 0 Å². The highest BCUT2D eigenvalue weighted by molar-refractivity contribution is 6.29. The van der Waals surface area contributed by atoms with Gasteiger partial charge in [-0.25, -0.2) is 4.98 Å². The van der Waals surface area contributed by atoms with Crippen LogP contribution in [0.2, 0.25) is 5.15 Å². The van der Waals surface area contributed by atoms with Crippen LogP contribution in [0.3, 0.4) is 0 Å². The Labute approximate surface area is 216 Å². The van der Waals surface area contributed by atoms with Crippen LogP contribution in [0, 0.1) is 6.92 Å². The van der Waals surface area contributed by atoms with E-state index in [0.717, 1.165) is 30.8 Å². The average molecular weight is 508 g/mol. The number of carbonyl (C=O) groups excluding carboxylic acids is 1. The molecule has 2 aliphatic heterocycles. The van der Waals surface area contributed by atoms with Crippen molar-refractivity contribution in [3.05, 3.63) is 87.7 Å². The van der Waals surface area contributed by atoms with Crippen molar-refractivity contribution < 1.29 is 19.4 Å². The second kappa shape index (κ2) is 10.9. The van der Waals surface area contributed by atoms with E-state index in [1.165, 1.54) is 11.1 Å². The van der Waals surface area contributed by atoms with Crippen molar-refractivity contribution in [2.24, 2.45) is 0 Å². The molecule has 3 aromatic rings. The first kappa shape index (κ1) is 24.6. The van der Waals surface area contributed by atoms with E-state index in [1.54, 1.807) is 29.2 Å². The third-order valence-electron chi connectivity index (χ3n) is 6.59. The Balaban J connectivity index is 1.19. The van der Waals surface area contributed by atoms with Crippen LogP contribution in [0.4, 0.5) is 0 Å². The fourth-order valence-corrected chi connectivity index (χ4v) is 5.14. The first-order valence-corrected chi connectivity index (χ1v) is 12.6. The number of nitrogens with zero attached hydrogens (tertiary/aromatic N) is 3. The molecule has 3 heterocycles. The summed E-state index contributed by atoms with van der Waals surface area (Å²) in [6, 6.07) is 17.4. The van der Waals surface area contributed by atoms with Crippen molar-refractivity contribution >= 4 is 17.5 Å². The number of hydrogen-bond donors (Lipinski definition) is 1. The quantitative estimate of drug-likeness (QED) is 0.489. The number of β-amino-alcohol motifs (C(OH)–C–C–N with tert-alkyl or cyclic N) is 1. The van der Waals surface area contributed by atoms with Gasteiger partial charge in [0.2, 0.25) is 0 Å². The maximum Gasteiger partial charge on any atom is 0.257 e. The number of pyridine rings is 1. The average Bonchev–Trinajstić information content (AvgIpc) is 3.00. The zero-order valence-corrected chi connectivity index (χ0v) is 21.1. The van der Waals surface area contributed by atoms with E-state index in [2.05, 4.69) is 34.1 Å². The molecule has 5 rings (SSSR count). The molecule has 2 aromatic carbocycles. The SMILES string of the molecule is Cc1cc(COc2ccc3c(c2)OCCN(CC(O)CN2CCc4ccccc4C2)C3=O)cc(Cl)n1. The Morgan fingerprint density at radius 3 is 2.78 bits per heavy atom. The lowest BCUT2D eigenvalue weighted by Gasteiger charge is -2.32. The zero-order valence-electron chi connectivity index (χ0n) is 20.3. The van der Waals surface area contributed by atoms with Gasteiger partial charge < -0.3 is 19.5 Å². The monoisotopic (exact) mass is 507 g/mol. The van der Waals surface area contributed by atoms with Crippen LogP contribution in [0.15, 0.2) is 54.6 Å². The number of rotatable bonds is 7. The van der Waals surface area contributed by atoms with E-state index in [0.29, 0.717) is 48.5 Å². The second-order valence-electron chi connectivity index (χ2n) is 9.39. The number of aryl methyl sites for hydroxylation is 1. The molecule has 8 heteroatoms. The largest absolute Gasteiger partial charge is 0.491 e. The molecular weight excluding hydrogens is 478 g/mol. The molecule has 36 heavy (non-hydrogen) atoms. The highest BCUT2D eigenvalue weighted by atomic mass is 35.5. The second-order valence-corrected chi connectivity index (χ2v) is 9.78. The lowest BCUT2D eigenvalue weighted by Crippen LogP contribution is -2.44. The van der Waals surface area contributed by atoms with Gasteiger partial charge >= 0.3 is 0 Å². The molecule has 0 fully saturated rings. The van der Waals surface area contributed by atoms with Gasteiger partial charge in [-0.05, 0) is 54.3 Å². The third kappa shape index (κ3) is 5.81. The van der Waals surface area contributed by atoms with Gasteiger partial charge in [0.15, 0.2) is 0 Å². The third-order valence-corrected chi connectivity index (χ3v) is 6.78. The molecule has 188 valence electrons. The number of ether oxygens (including phenoxy) is 2. The molecule has 1 N–H and O–H groups in total. The number of carbonyl (C=O) groups is 1. The van der Waals surface area contributed by atoms with E-state index >= 15 is 0 Å². The molecule has 0 bridgehead atoms. The maximum atomic E-state index is 13.3. The molecule has 0 saturated heterocycles. The summed E-state index contributed by atoms with van der Waals surface area (Å²) in [5.74, 6) is 0.950. The standard InChI is InChI=1S/C28H30ClN3O4/c1-19-12-20(13-27(29)30-19)18-36-24-6-7-25-26(14-24)35-11-10-32(28(25)34)17-23(33)16-31-9-8-21-4-2-3-5-22(21)15-31/h2-7,12-14,23,33H,8-11,15-18H2,1H3. The molecule has 1 aromatic heterocycles. The van der Waals surface area contributed by atoms with Gasteiger partial charge in [-0.1, -0.05) is 35.9 Å². The molecule has 2 aliphatic rings. The molecule has 0 radical (unpaired) electrons. The number of benzene rings is 2. The zero-order chi connectivity index (χ0) is 25.1. The van der Waals surface area contributed by atoms with E-state index < -0.39 is 6.10 Å². The summed E-state index contributed by atoms with van der Waals surface area (Å²) in [4.78, 5) is 21.3. The van der Waals surface area contributed by atoms with Crippen molar-refractivity contribution in [2.75, 3.05) is 32.8 Å². The Hall–Kier alpha value is -3.13. The molecule has 1 unspecified atom stereocenters. The van der Waals surface area contributed by atoms with Crippen molar-refractivity contribution in [1.29, 1.82) is 0 Å². The first-order valence-electron chi connectivity index (χ1n) is 12.2. The smallest absolute Gasteiger partial charge is 0.257 e. The minimum Gasteiger partial charge on any atom is -0.491 e. The lowest BCUT2D eigenvalue weighted by molar-refractivity contribution is 0.0501. The molecule has 1 amide bonds. The lowest BCUT2D eigenvalue weighted by atomic mass is 10.00. The molecular formula is C28H30ClN3O4.